The summed E-state index contributed by atoms with van der Waals surface area (Å²) in [5, 5.41) is 18.2. The van der Waals surface area contributed by atoms with Gasteiger partial charge in [-0.25, -0.2) is 18.2 Å². The summed E-state index contributed by atoms with van der Waals surface area (Å²) in [6, 6.07) is 5.66. The lowest BCUT2D eigenvalue weighted by Crippen LogP contribution is -2.32. The smallest absolute Gasteiger partial charge is 0.352 e. The number of ether oxygens (including phenoxy) is 1. The molecule has 0 spiro atoms. The minimum Gasteiger partial charge on any atom is -0.446 e. The van der Waals surface area contributed by atoms with Gasteiger partial charge in [0.1, 0.15) is 6.07 Å². The second-order valence-corrected chi connectivity index (χ2v) is 7.64. The van der Waals surface area contributed by atoms with Crippen molar-refractivity contribution in [2.24, 2.45) is 0 Å². The van der Waals surface area contributed by atoms with Crippen LogP contribution < -0.4 is 15.9 Å². The molecule has 2 N–H and O–H groups in total. The fourth-order valence-corrected chi connectivity index (χ4v) is 3.12. The summed E-state index contributed by atoms with van der Waals surface area (Å²) in [6.45, 7) is 0.817. The van der Waals surface area contributed by atoms with E-state index in [1.807, 2.05) is 0 Å². The molecule has 14 heteroatoms. The Morgan fingerprint density at radius 2 is 2.00 bits per heavy atom. The van der Waals surface area contributed by atoms with Crippen LogP contribution in [-0.2, 0) is 12.5 Å². The number of nitrogens with one attached hydrogen (secondary N) is 1. The number of aliphatic hydroxyl groups is 1. The molecule has 0 aliphatic rings. The lowest BCUT2D eigenvalue weighted by molar-refractivity contribution is -0.139. The molecule has 0 saturated heterocycles. The number of pyridine rings is 1. The summed E-state index contributed by atoms with van der Waals surface area (Å²) in [6.07, 6.45) is -4.82. The number of benzene rings is 1. The number of nitrogens with zero attached hydrogens (tertiary/aromatic N) is 3. The van der Waals surface area contributed by atoms with Crippen LogP contribution in [0.2, 0.25) is 5.02 Å². The van der Waals surface area contributed by atoms with Crippen molar-refractivity contribution >= 4 is 11.6 Å². The molecular weight excluding hydrogens is 503 g/mol. The van der Waals surface area contributed by atoms with Crippen LogP contribution in [0.3, 0.4) is 0 Å². The molecule has 1 atom stereocenters. The fraction of sp³-hybridized carbons (Fsp3) is 0.238. The Hall–Kier alpha value is -3.76. The normalized spacial score (nSPS) is 12.5. The number of H-pyrrole nitrogens is 1. The van der Waals surface area contributed by atoms with E-state index in [0.717, 1.165) is 12.1 Å². The molecule has 3 rings (SSSR count). The van der Waals surface area contributed by atoms with Gasteiger partial charge in [0.25, 0.3) is 11.1 Å². The standard InChI is InChI=1S/C21H14ClF5N4O4/c1-9(32)13-3-2-10(18(33)30-13)7-31-8-29-17(21(26,27)20(24)25)16(19(31)34)35-14-5-12(22)4-11(6-28)15(14)23/h2-5,8-9,20,32H,7H2,1H3,(H,30,33)/t9-/m0/s1. The van der Waals surface area contributed by atoms with Gasteiger partial charge in [0.2, 0.25) is 5.75 Å². The monoisotopic (exact) mass is 516 g/mol. The van der Waals surface area contributed by atoms with Gasteiger partial charge >= 0.3 is 12.3 Å². The molecule has 0 unspecified atom stereocenters. The first-order chi connectivity index (χ1) is 16.4. The second-order valence-electron chi connectivity index (χ2n) is 7.20. The van der Waals surface area contributed by atoms with Crippen LogP contribution in [0, 0.1) is 17.1 Å². The Balaban J connectivity index is 2.17. The van der Waals surface area contributed by atoms with Crippen molar-refractivity contribution in [3.8, 4) is 17.6 Å². The SMILES string of the molecule is C[C@H](O)c1ccc(Cn2cnc(C(F)(F)C(F)F)c(Oc3cc(Cl)cc(C#N)c3F)c2=O)c(=O)[nH]1. The maximum absolute atomic E-state index is 14.5. The third-order valence-corrected chi connectivity index (χ3v) is 4.95. The van der Waals surface area contributed by atoms with Gasteiger partial charge < -0.3 is 14.8 Å². The summed E-state index contributed by atoms with van der Waals surface area (Å²) in [5.41, 5.74) is -4.57. The molecule has 1 aromatic carbocycles. The highest BCUT2D eigenvalue weighted by molar-refractivity contribution is 6.30. The van der Waals surface area contributed by atoms with Gasteiger partial charge in [-0.15, -0.1) is 0 Å². The van der Waals surface area contributed by atoms with Crippen LogP contribution >= 0.6 is 11.6 Å². The first kappa shape index (κ1) is 25.9. The highest BCUT2D eigenvalue weighted by Crippen LogP contribution is 2.39. The van der Waals surface area contributed by atoms with Gasteiger partial charge in [0, 0.05) is 22.3 Å². The van der Waals surface area contributed by atoms with Crippen molar-refractivity contribution < 1.29 is 31.8 Å². The van der Waals surface area contributed by atoms with Gasteiger partial charge in [-0.3, -0.25) is 14.2 Å². The van der Waals surface area contributed by atoms with Gasteiger partial charge in [0.05, 0.1) is 24.5 Å². The number of hydrogen-bond donors (Lipinski definition) is 2. The largest absolute Gasteiger partial charge is 0.446 e. The zero-order valence-corrected chi connectivity index (χ0v) is 18.3. The van der Waals surface area contributed by atoms with Crippen LogP contribution in [0.1, 0.15) is 35.5 Å². The Kier molecular flexibility index (Phi) is 7.27. The third-order valence-electron chi connectivity index (χ3n) is 4.73. The van der Waals surface area contributed by atoms with Gasteiger partial charge in [-0.05, 0) is 25.1 Å². The first-order valence-corrected chi connectivity index (χ1v) is 9.97. The van der Waals surface area contributed by atoms with E-state index in [-0.39, 0.29) is 16.3 Å². The van der Waals surface area contributed by atoms with Crippen molar-refractivity contribution in [2.75, 3.05) is 0 Å². The minimum atomic E-state index is -4.98. The number of hydrogen-bond acceptors (Lipinski definition) is 6. The first-order valence-electron chi connectivity index (χ1n) is 9.59. The lowest BCUT2D eigenvalue weighted by Gasteiger charge is -2.19. The average molecular weight is 517 g/mol. The summed E-state index contributed by atoms with van der Waals surface area (Å²) < 4.78 is 74.6. The number of alkyl halides is 4. The summed E-state index contributed by atoms with van der Waals surface area (Å²) in [4.78, 5) is 30.8. The maximum atomic E-state index is 14.5. The lowest BCUT2D eigenvalue weighted by atomic mass is 10.2. The molecule has 0 bridgehead atoms. The summed E-state index contributed by atoms with van der Waals surface area (Å²) in [7, 11) is 0. The van der Waals surface area contributed by atoms with E-state index < -0.39 is 64.7 Å². The van der Waals surface area contributed by atoms with Crippen molar-refractivity contribution in [3.63, 3.8) is 0 Å². The van der Waals surface area contributed by atoms with Crippen molar-refractivity contribution in [1.82, 2.24) is 14.5 Å². The van der Waals surface area contributed by atoms with Crippen LogP contribution in [-0.4, -0.2) is 26.1 Å². The zero-order chi connectivity index (χ0) is 26.1. The number of halogens is 6. The molecule has 3 aromatic rings. The molecule has 184 valence electrons. The topological polar surface area (TPSA) is 121 Å². The van der Waals surface area contributed by atoms with E-state index in [4.69, 9.17) is 21.6 Å². The summed E-state index contributed by atoms with van der Waals surface area (Å²) >= 11 is 5.76. The molecule has 0 amide bonds. The van der Waals surface area contributed by atoms with Crippen LogP contribution in [0.25, 0.3) is 0 Å². The Morgan fingerprint density at radius 3 is 2.57 bits per heavy atom. The zero-order valence-electron chi connectivity index (χ0n) is 17.5. The molecule has 0 saturated carbocycles. The molecule has 2 heterocycles. The van der Waals surface area contributed by atoms with Crippen molar-refractivity contribution in [2.45, 2.75) is 31.9 Å². The van der Waals surface area contributed by atoms with Gasteiger partial charge in [-0.2, -0.15) is 14.0 Å². The number of rotatable bonds is 7. The van der Waals surface area contributed by atoms with E-state index in [1.165, 1.54) is 25.1 Å². The van der Waals surface area contributed by atoms with Crippen molar-refractivity contribution in [3.05, 3.63) is 84.7 Å². The van der Waals surface area contributed by atoms with Crippen LogP contribution in [0.15, 0.2) is 40.2 Å². The molecule has 35 heavy (non-hydrogen) atoms. The number of aromatic nitrogens is 3. The Bertz CT molecular complexity index is 1430. The van der Waals surface area contributed by atoms with Gasteiger partial charge in [0.15, 0.2) is 17.3 Å². The molecular formula is C21H14ClF5N4O4. The van der Waals surface area contributed by atoms with E-state index >= 15 is 0 Å². The summed E-state index contributed by atoms with van der Waals surface area (Å²) in [5.74, 6) is -8.78. The number of aliphatic hydroxyl groups excluding tert-OH is 1. The van der Waals surface area contributed by atoms with E-state index in [0.29, 0.717) is 10.9 Å². The van der Waals surface area contributed by atoms with Crippen molar-refractivity contribution in [1.29, 1.82) is 5.26 Å². The molecule has 0 radical (unpaired) electrons. The molecule has 0 fully saturated rings. The predicted molar refractivity (Wildman–Crippen MR) is 111 cm³/mol. The Morgan fingerprint density at radius 1 is 1.31 bits per heavy atom. The highest BCUT2D eigenvalue weighted by Gasteiger charge is 2.48. The molecule has 0 aliphatic heterocycles. The molecule has 2 aromatic heterocycles. The average Bonchev–Trinajstić information content (AvgIpc) is 2.79. The number of aromatic amines is 1. The number of nitriles is 1. The van der Waals surface area contributed by atoms with Gasteiger partial charge in [-0.1, -0.05) is 11.6 Å². The fourth-order valence-electron chi connectivity index (χ4n) is 2.92. The second kappa shape index (κ2) is 9.85. The van der Waals surface area contributed by atoms with Crippen LogP contribution in [0.4, 0.5) is 22.0 Å². The van der Waals surface area contributed by atoms with E-state index in [2.05, 4.69) is 9.97 Å². The molecule has 8 nitrogen and oxygen atoms in total. The van der Waals surface area contributed by atoms with Crippen LogP contribution in [0.5, 0.6) is 11.5 Å². The van der Waals surface area contributed by atoms with E-state index in [9.17, 15) is 36.6 Å². The van der Waals surface area contributed by atoms with E-state index in [1.54, 1.807) is 0 Å². The maximum Gasteiger partial charge on any atom is 0.352 e. The predicted octanol–water partition coefficient (Wildman–Crippen LogP) is 3.85. The molecule has 0 aliphatic carbocycles. The minimum absolute atomic E-state index is 0.0849. The quantitative estimate of drug-likeness (QED) is 0.460. The Labute approximate surface area is 197 Å². The third kappa shape index (κ3) is 5.18. The highest BCUT2D eigenvalue weighted by atomic mass is 35.5.